The number of ether oxygens (including phenoxy) is 2. The van der Waals surface area contributed by atoms with Gasteiger partial charge in [0, 0.05) is 34.1 Å². The van der Waals surface area contributed by atoms with Crippen LogP contribution in [0.3, 0.4) is 0 Å². The predicted molar refractivity (Wildman–Crippen MR) is 146 cm³/mol. The maximum absolute atomic E-state index is 12.9. The number of aromatic amines is 1. The summed E-state index contributed by atoms with van der Waals surface area (Å²) in [7, 11) is 0. The number of carbonyl (C=O) groups excluding carboxylic acids is 1. The van der Waals surface area contributed by atoms with Gasteiger partial charge in [-0.05, 0) is 67.1 Å². The molecule has 1 atom stereocenters. The van der Waals surface area contributed by atoms with Crippen molar-refractivity contribution in [3.05, 3.63) is 77.5 Å². The number of hydrogen-bond donors (Lipinski definition) is 1. The standard InChI is InChI=1S/C27H30IN5O3/c1-2-35-27(34)33-13-11-22-23-15-19(16-28)5-10-24(23)31-25(22)26(33)20-6-8-21(9-7-20)36-14-4-3-12-32-18-29-17-30-32/h5-10,15,17-18,26,31H,2-4,11-14,16H2,1H3. The third-order valence-electron chi connectivity index (χ3n) is 6.56. The number of amides is 1. The van der Waals surface area contributed by atoms with Gasteiger partial charge in [0.1, 0.15) is 24.4 Å². The minimum atomic E-state index is -0.285. The molecule has 1 aliphatic heterocycles. The molecule has 0 aliphatic carbocycles. The third-order valence-corrected chi connectivity index (χ3v) is 7.44. The largest absolute Gasteiger partial charge is 0.494 e. The fraction of sp³-hybridized carbons (Fsp3) is 0.370. The Kier molecular flexibility index (Phi) is 7.74. The van der Waals surface area contributed by atoms with E-state index in [2.05, 4.69) is 68.0 Å². The molecule has 1 N–H and O–H groups in total. The first-order chi connectivity index (χ1) is 17.7. The summed E-state index contributed by atoms with van der Waals surface area (Å²) in [5.74, 6) is 0.821. The molecule has 2 aromatic carbocycles. The average Bonchev–Trinajstić information content (AvgIpc) is 3.56. The molecule has 0 fully saturated rings. The molecule has 4 aromatic rings. The van der Waals surface area contributed by atoms with Gasteiger partial charge in [-0.25, -0.2) is 9.78 Å². The van der Waals surface area contributed by atoms with Crippen LogP contribution in [0.15, 0.2) is 55.1 Å². The summed E-state index contributed by atoms with van der Waals surface area (Å²) in [6.07, 6.45) is 5.69. The van der Waals surface area contributed by atoms with Crippen LogP contribution in [0.25, 0.3) is 10.9 Å². The molecule has 5 rings (SSSR count). The van der Waals surface area contributed by atoms with Crippen molar-refractivity contribution in [2.45, 2.75) is 43.2 Å². The zero-order valence-corrected chi connectivity index (χ0v) is 22.5. The van der Waals surface area contributed by atoms with Gasteiger partial charge in [-0.3, -0.25) is 9.58 Å². The van der Waals surface area contributed by atoms with Crippen molar-refractivity contribution < 1.29 is 14.3 Å². The quantitative estimate of drug-likeness (QED) is 0.153. The molecule has 188 valence electrons. The van der Waals surface area contributed by atoms with Crippen LogP contribution in [0.2, 0.25) is 0 Å². The van der Waals surface area contributed by atoms with Crippen LogP contribution < -0.4 is 4.74 Å². The number of aryl methyl sites for hydroxylation is 1. The number of alkyl halides is 1. The van der Waals surface area contributed by atoms with E-state index < -0.39 is 0 Å². The van der Waals surface area contributed by atoms with Crippen molar-refractivity contribution >= 4 is 39.6 Å². The van der Waals surface area contributed by atoms with Crippen molar-refractivity contribution in [3.8, 4) is 5.75 Å². The van der Waals surface area contributed by atoms with Crippen molar-refractivity contribution in [3.63, 3.8) is 0 Å². The molecular weight excluding hydrogens is 569 g/mol. The summed E-state index contributed by atoms with van der Waals surface area (Å²) in [6.45, 7) is 4.28. The lowest BCUT2D eigenvalue weighted by Crippen LogP contribution is -2.40. The van der Waals surface area contributed by atoms with Gasteiger partial charge >= 0.3 is 6.09 Å². The first kappa shape index (κ1) is 24.6. The lowest BCUT2D eigenvalue weighted by molar-refractivity contribution is 0.0932. The molecule has 36 heavy (non-hydrogen) atoms. The second-order valence-electron chi connectivity index (χ2n) is 8.86. The molecule has 1 unspecified atom stereocenters. The Hall–Kier alpha value is -3.08. The highest BCUT2D eigenvalue weighted by molar-refractivity contribution is 14.1. The molecule has 0 radical (unpaired) electrons. The van der Waals surface area contributed by atoms with Gasteiger partial charge in [0.15, 0.2) is 0 Å². The maximum Gasteiger partial charge on any atom is 0.410 e. The summed E-state index contributed by atoms with van der Waals surface area (Å²) < 4.78 is 14.2. The molecule has 1 aliphatic rings. The highest BCUT2D eigenvalue weighted by atomic mass is 127. The molecule has 2 aromatic heterocycles. The van der Waals surface area contributed by atoms with Gasteiger partial charge in [-0.1, -0.05) is 40.8 Å². The molecule has 3 heterocycles. The molecule has 1 amide bonds. The highest BCUT2D eigenvalue weighted by Gasteiger charge is 2.35. The van der Waals surface area contributed by atoms with Crippen LogP contribution in [0, 0.1) is 0 Å². The number of rotatable bonds is 9. The third kappa shape index (κ3) is 5.21. The molecule has 9 heteroatoms. The molecular formula is C27H30IN5O3. The minimum Gasteiger partial charge on any atom is -0.494 e. The number of halogens is 1. The van der Waals surface area contributed by atoms with Gasteiger partial charge in [-0.2, -0.15) is 5.10 Å². The number of hydrogen-bond acceptors (Lipinski definition) is 5. The van der Waals surface area contributed by atoms with E-state index in [1.807, 2.05) is 28.6 Å². The Balaban J connectivity index is 1.35. The molecule has 0 saturated carbocycles. The topological polar surface area (TPSA) is 85.3 Å². The summed E-state index contributed by atoms with van der Waals surface area (Å²) >= 11 is 2.40. The van der Waals surface area contributed by atoms with Gasteiger partial charge in [-0.15, -0.1) is 0 Å². The number of benzene rings is 2. The average molecular weight is 599 g/mol. The molecule has 0 saturated heterocycles. The zero-order valence-electron chi connectivity index (χ0n) is 20.3. The Labute approximate surface area is 224 Å². The summed E-state index contributed by atoms with van der Waals surface area (Å²) in [5, 5.41) is 5.37. The Morgan fingerprint density at radius 2 is 2.06 bits per heavy atom. The van der Waals surface area contributed by atoms with Crippen LogP contribution in [-0.4, -0.2) is 50.5 Å². The van der Waals surface area contributed by atoms with Crippen LogP contribution in [0.5, 0.6) is 5.75 Å². The van der Waals surface area contributed by atoms with E-state index in [1.54, 1.807) is 12.7 Å². The summed E-state index contributed by atoms with van der Waals surface area (Å²) in [6, 6.07) is 14.4. The minimum absolute atomic E-state index is 0.236. The van der Waals surface area contributed by atoms with Crippen molar-refractivity contribution in [1.82, 2.24) is 24.6 Å². The highest BCUT2D eigenvalue weighted by Crippen LogP contribution is 2.39. The van der Waals surface area contributed by atoms with Crippen molar-refractivity contribution in [2.75, 3.05) is 19.8 Å². The van der Waals surface area contributed by atoms with Crippen molar-refractivity contribution in [1.29, 1.82) is 0 Å². The lowest BCUT2D eigenvalue weighted by atomic mass is 9.92. The number of aromatic nitrogens is 4. The van der Waals surface area contributed by atoms with E-state index in [1.165, 1.54) is 16.5 Å². The summed E-state index contributed by atoms with van der Waals surface area (Å²) in [4.78, 5) is 22.3. The SMILES string of the molecule is CCOC(=O)N1CCc2c([nH]c3ccc(CI)cc23)C1c1ccc(OCCCCn2cncn2)cc1. The van der Waals surface area contributed by atoms with Gasteiger partial charge in [0.2, 0.25) is 0 Å². The predicted octanol–water partition coefficient (Wildman–Crippen LogP) is 5.66. The lowest BCUT2D eigenvalue weighted by Gasteiger charge is -2.35. The second kappa shape index (κ2) is 11.3. The Morgan fingerprint density at radius 1 is 1.19 bits per heavy atom. The van der Waals surface area contributed by atoms with Crippen LogP contribution >= 0.6 is 22.6 Å². The van der Waals surface area contributed by atoms with Gasteiger partial charge in [0.05, 0.1) is 13.2 Å². The monoisotopic (exact) mass is 599 g/mol. The van der Waals surface area contributed by atoms with Crippen LogP contribution in [-0.2, 0) is 22.1 Å². The number of nitrogens with zero attached hydrogens (tertiary/aromatic N) is 4. The normalized spacial score (nSPS) is 15.2. The maximum atomic E-state index is 12.9. The van der Waals surface area contributed by atoms with E-state index in [4.69, 9.17) is 9.47 Å². The van der Waals surface area contributed by atoms with E-state index in [-0.39, 0.29) is 12.1 Å². The Bertz CT molecular complexity index is 1300. The number of H-pyrrole nitrogens is 1. The smallest absolute Gasteiger partial charge is 0.410 e. The number of unbranched alkanes of at least 4 members (excludes halogenated alkanes) is 1. The van der Waals surface area contributed by atoms with Crippen molar-refractivity contribution in [2.24, 2.45) is 0 Å². The second-order valence-corrected chi connectivity index (χ2v) is 9.62. The fourth-order valence-corrected chi connectivity index (χ4v) is 5.30. The van der Waals surface area contributed by atoms with Gasteiger partial charge in [0.25, 0.3) is 0 Å². The van der Waals surface area contributed by atoms with E-state index in [0.29, 0.717) is 19.8 Å². The van der Waals surface area contributed by atoms with Crippen LogP contribution in [0.4, 0.5) is 4.79 Å². The zero-order chi connectivity index (χ0) is 24.9. The fourth-order valence-electron chi connectivity index (χ4n) is 4.83. The van der Waals surface area contributed by atoms with Gasteiger partial charge < -0.3 is 14.5 Å². The van der Waals surface area contributed by atoms with E-state index in [0.717, 1.165) is 52.8 Å². The number of fused-ring (bicyclic) bond motifs is 3. The first-order valence-electron chi connectivity index (χ1n) is 12.4. The first-order valence-corrected chi connectivity index (χ1v) is 13.9. The molecule has 0 bridgehead atoms. The molecule has 0 spiro atoms. The molecule has 8 nitrogen and oxygen atoms in total. The Morgan fingerprint density at radius 3 is 2.81 bits per heavy atom. The van der Waals surface area contributed by atoms with E-state index in [9.17, 15) is 4.79 Å². The van der Waals surface area contributed by atoms with Crippen LogP contribution in [0.1, 0.15) is 48.2 Å². The summed E-state index contributed by atoms with van der Waals surface area (Å²) in [5.41, 5.74) is 5.79. The van der Waals surface area contributed by atoms with E-state index >= 15 is 0 Å². The number of carbonyl (C=O) groups is 1. The number of nitrogens with one attached hydrogen (secondary N) is 1.